The molecule has 1 N–H and O–H groups in total. The number of nitrogens with zero attached hydrogens (tertiary/aromatic N) is 1. The number of benzene rings is 1. The molecule has 1 aliphatic rings. The maximum Gasteiger partial charge on any atom is 0.238 e. The second-order valence-corrected chi connectivity index (χ2v) is 4.66. The average molecular weight is 264 g/mol. The van der Waals surface area contributed by atoms with Crippen LogP contribution in [0.4, 0.5) is 0 Å². The van der Waals surface area contributed by atoms with Crippen molar-refractivity contribution in [3.8, 4) is 5.75 Å². The molecule has 0 spiro atoms. The van der Waals surface area contributed by atoms with E-state index in [-0.39, 0.29) is 18.1 Å². The van der Waals surface area contributed by atoms with Crippen molar-refractivity contribution < 1.29 is 14.3 Å². The summed E-state index contributed by atoms with van der Waals surface area (Å²) in [5, 5.41) is 3.23. The number of rotatable bonds is 5. The van der Waals surface area contributed by atoms with E-state index in [1.807, 2.05) is 36.1 Å². The van der Waals surface area contributed by atoms with E-state index in [1.165, 1.54) is 0 Å². The SMILES string of the molecule is COCC(C)N1C(=O)CNC1c1ccc(OC)cc1. The molecule has 2 unspecified atom stereocenters. The van der Waals surface area contributed by atoms with E-state index in [0.717, 1.165) is 11.3 Å². The molecule has 0 saturated carbocycles. The first-order valence-corrected chi connectivity index (χ1v) is 6.34. The van der Waals surface area contributed by atoms with Crippen LogP contribution in [0, 0.1) is 0 Å². The van der Waals surface area contributed by atoms with E-state index < -0.39 is 0 Å². The third-order valence-corrected chi connectivity index (χ3v) is 3.33. The minimum Gasteiger partial charge on any atom is -0.497 e. The Bertz CT molecular complexity index is 433. The first kappa shape index (κ1) is 13.8. The van der Waals surface area contributed by atoms with Crippen molar-refractivity contribution in [2.24, 2.45) is 0 Å². The van der Waals surface area contributed by atoms with Gasteiger partial charge in [0, 0.05) is 7.11 Å². The Morgan fingerprint density at radius 1 is 1.37 bits per heavy atom. The number of amides is 1. The number of nitrogens with one attached hydrogen (secondary N) is 1. The molecule has 1 heterocycles. The molecule has 104 valence electrons. The van der Waals surface area contributed by atoms with Gasteiger partial charge in [-0.2, -0.15) is 0 Å². The first-order valence-electron chi connectivity index (χ1n) is 6.34. The van der Waals surface area contributed by atoms with Gasteiger partial charge in [-0.1, -0.05) is 12.1 Å². The summed E-state index contributed by atoms with van der Waals surface area (Å²) >= 11 is 0. The average Bonchev–Trinajstić information content (AvgIpc) is 2.81. The van der Waals surface area contributed by atoms with E-state index in [1.54, 1.807) is 14.2 Å². The second kappa shape index (κ2) is 6.04. The van der Waals surface area contributed by atoms with Crippen molar-refractivity contribution in [1.82, 2.24) is 10.2 Å². The van der Waals surface area contributed by atoms with Gasteiger partial charge in [0.25, 0.3) is 0 Å². The molecule has 1 aliphatic heterocycles. The predicted molar refractivity (Wildman–Crippen MR) is 71.9 cm³/mol. The minimum atomic E-state index is -0.0939. The van der Waals surface area contributed by atoms with Gasteiger partial charge in [-0.25, -0.2) is 0 Å². The van der Waals surface area contributed by atoms with Crippen molar-refractivity contribution in [3.05, 3.63) is 29.8 Å². The molecule has 1 saturated heterocycles. The summed E-state index contributed by atoms with van der Waals surface area (Å²) in [5.41, 5.74) is 1.05. The summed E-state index contributed by atoms with van der Waals surface area (Å²) in [4.78, 5) is 13.8. The maximum atomic E-state index is 12.0. The lowest BCUT2D eigenvalue weighted by molar-refractivity contribution is -0.131. The zero-order valence-corrected chi connectivity index (χ0v) is 11.6. The summed E-state index contributed by atoms with van der Waals surface area (Å²) in [6, 6.07) is 7.79. The van der Waals surface area contributed by atoms with Crippen LogP contribution < -0.4 is 10.1 Å². The van der Waals surface area contributed by atoms with Gasteiger partial charge in [-0.05, 0) is 24.6 Å². The van der Waals surface area contributed by atoms with Crippen molar-refractivity contribution in [2.75, 3.05) is 27.4 Å². The monoisotopic (exact) mass is 264 g/mol. The van der Waals surface area contributed by atoms with Crippen LogP contribution in [0.15, 0.2) is 24.3 Å². The van der Waals surface area contributed by atoms with E-state index in [0.29, 0.717) is 13.2 Å². The van der Waals surface area contributed by atoms with Gasteiger partial charge in [0.1, 0.15) is 11.9 Å². The van der Waals surface area contributed by atoms with Gasteiger partial charge in [0.15, 0.2) is 0 Å². The lowest BCUT2D eigenvalue weighted by Crippen LogP contribution is -2.40. The van der Waals surface area contributed by atoms with Crippen molar-refractivity contribution in [3.63, 3.8) is 0 Å². The third kappa shape index (κ3) is 2.88. The van der Waals surface area contributed by atoms with Gasteiger partial charge in [0.2, 0.25) is 5.91 Å². The van der Waals surface area contributed by atoms with Gasteiger partial charge in [0.05, 0.1) is 26.3 Å². The standard InChI is InChI=1S/C14H20N2O3/c1-10(9-18-2)16-13(17)8-15-14(16)11-4-6-12(19-3)7-5-11/h4-7,10,14-15H,8-9H2,1-3H3. The van der Waals surface area contributed by atoms with Crippen molar-refractivity contribution in [1.29, 1.82) is 0 Å². The predicted octanol–water partition coefficient (Wildman–Crippen LogP) is 1.16. The maximum absolute atomic E-state index is 12.0. The molecule has 1 aromatic rings. The largest absolute Gasteiger partial charge is 0.497 e. The summed E-state index contributed by atoms with van der Waals surface area (Å²) in [6.45, 7) is 2.88. The number of carbonyl (C=O) groups is 1. The molecule has 5 heteroatoms. The van der Waals surface area contributed by atoms with Crippen LogP contribution in [0.2, 0.25) is 0 Å². The van der Waals surface area contributed by atoms with E-state index in [9.17, 15) is 4.79 Å². The van der Waals surface area contributed by atoms with Gasteiger partial charge < -0.3 is 14.4 Å². The van der Waals surface area contributed by atoms with Crippen LogP contribution in [0.5, 0.6) is 5.75 Å². The van der Waals surface area contributed by atoms with E-state index in [2.05, 4.69) is 5.32 Å². The van der Waals surface area contributed by atoms with E-state index >= 15 is 0 Å². The Balaban J connectivity index is 2.19. The number of carbonyl (C=O) groups excluding carboxylic acids is 1. The highest BCUT2D eigenvalue weighted by atomic mass is 16.5. The Morgan fingerprint density at radius 2 is 2.05 bits per heavy atom. The zero-order valence-electron chi connectivity index (χ0n) is 11.6. The fourth-order valence-corrected chi connectivity index (χ4v) is 2.40. The zero-order chi connectivity index (χ0) is 13.8. The normalized spacial score (nSPS) is 20.7. The van der Waals surface area contributed by atoms with Crippen LogP contribution in [0.1, 0.15) is 18.7 Å². The summed E-state index contributed by atoms with van der Waals surface area (Å²) in [6.07, 6.45) is -0.0939. The molecule has 0 aromatic heterocycles. The fraction of sp³-hybridized carbons (Fsp3) is 0.500. The molecule has 2 rings (SSSR count). The molecular formula is C14H20N2O3. The third-order valence-electron chi connectivity index (χ3n) is 3.33. The Hall–Kier alpha value is -1.59. The van der Waals surface area contributed by atoms with Crippen LogP contribution in [0.25, 0.3) is 0 Å². The van der Waals surface area contributed by atoms with Gasteiger partial charge in [-0.15, -0.1) is 0 Å². The smallest absolute Gasteiger partial charge is 0.238 e. The van der Waals surface area contributed by atoms with E-state index in [4.69, 9.17) is 9.47 Å². The Morgan fingerprint density at radius 3 is 2.63 bits per heavy atom. The quantitative estimate of drug-likeness (QED) is 0.867. The number of ether oxygens (including phenoxy) is 2. The van der Waals surface area contributed by atoms with Crippen LogP contribution in [-0.2, 0) is 9.53 Å². The van der Waals surface area contributed by atoms with Crippen molar-refractivity contribution >= 4 is 5.91 Å². The van der Waals surface area contributed by atoms with Crippen LogP contribution in [-0.4, -0.2) is 44.2 Å². The molecule has 1 amide bonds. The number of hydrogen-bond acceptors (Lipinski definition) is 4. The fourth-order valence-electron chi connectivity index (χ4n) is 2.40. The molecule has 0 bridgehead atoms. The van der Waals surface area contributed by atoms with Gasteiger partial charge in [-0.3, -0.25) is 10.1 Å². The highest BCUT2D eigenvalue weighted by molar-refractivity contribution is 5.81. The summed E-state index contributed by atoms with van der Waals surface area (Å²) in [5.74, 6) is 0.912. The molecular weight excluding hydrogens is 244 g/mol. The lowest BCUT2D eigenvalue weighted by Gasteiger charge is -2.30. The molecule has 1 aromatic carbocycles. The molecule has 1 fully saturated rings. The number of hydrogen-bond donors (Lipinski definition) is 1. The Kier molecular flexibility index (Phi) is 4.39. The molecule has 0 radical (unpaired) electrons. The van der Waals surface area contributed by atoms with Crippen molar-refractivity contribution in [2.45, 2.75) is 19.1 Å². The second-order valence-electron chi connectivity index (χ2n) is 4.66. The van der Waals surface area contributed by atoms with Gasteiger partial charge >= 0.3 is 0 Å². The first-order chi connectivity index (χ1) is 9.17. The number of methoxy groups -OCH3 is 2. The van der Waals surface area contributed by atoms with Crippen LogP contribution in [0.3, 0.4) is 0 Å². The highest BCUT2D eigenvalue weighted by Gasteiger charge is 2.34. The van der Waals surface area contributed by atoms with Crippen LogP contribution >= 0.6 is 0 Å². The lowest BCUT2D eigenvalue weighted by atomic mass is 10.1. The highest BCUT2D eigenvalue weighted by Crippen LogP contribution is 2.26. The minimum absolute atomic E-state index is 0.0413. The summed E-state index contributed by atoms with van der Waals surface area (Å²) < 4.78 is 10.3. The molecule has 5 nitrogen and oxygen atoms in total. The topological polar surface area (TPSA) is 50.8 Å². The Labute approximate surface area is 113 Å². The molecule has 19 heavy (non-hydrogen) atoms. The molecule has 0 aliphatic carbocycles. The molecule has 2 atom stereocenters. The summed E-state index contributed by atoms with van der Waals surface area (Å²) in [7, 11) is 3.28.